The number of benzene rings is 1. The Morgan fingerprint density at radius 2 is 2.07 bits per heavy atom. The molecule has 0 aliphatic heterocycles. The van der Waals surface area contributed by atoms with Crippen molar-refractivity contribution in [2.45, 2.75) is 38.1 Å². The van der Waals surface area contributed by atoms with Crippen molar-refractivity contribution in [3.8, 4) is 0 Å². The van der Waals surface area contributed by atoms with Crippen molar-refractivity contribution < 1.29 is 9.18 Å². The maximum Gasteiger partial charge on any atom is 0.252 e. The number of aromatic nitrogens is 2. The molecule has 5 nitrogen and oxygen atoms in total. The largest absolute Gasteiger partial charge is 0.345 e. The Hall–Kier alpha value is -2.80. The highest BCUT2D eigenvalue weighted by Gasteiger charge is 2.27. The fraction of sp³-hybridized carbons (Fsp3) is 0.286. The number of hydrogen-bond acceptors (Lipinski definition) is 4. The average molecular weight is 397 g/mol. The monoisotopic (exact) mass is 397 g/mol. The summed E-state index contributed by atoms with van der Waals surface area (Å²) in [6.07, 6.45) is 2.41. The number of hydrogen-bond donors (Lipinski definition) is 2. The second-order valence-electron chi connectivity index (χ2n) is 7.12. The van der Waals surface area contributed by atoms with Gasteiger partial charge in [0.05, 0.1) is 17.3 Å². The van der Waals surface area contributed by atoms with E-state index in [9.17, 15) is 14.0 Å². The van der Waals surface area contributed by atoms with Gasteiger partial charge in [0.15, 0.2) is 0 Å². The lowest BCUT2D eigenvalue weighted by atomic mass is 10.0. The molecule has 1 aliphatic rings. The summed E-state index contributed by atoms with van der Waals surface area (Å²) in [6.45, 7) is 1.94. The van der Waals surface area contributed by atoms with E-state index in [1.54, 1.807) is 12.1 Å². The van der Waals surface area contributed by atoms with E-state index in [0.29, 0.717) is 29.4 Å². The standard InChI is InChI=1S/C21H20FN3O2S/c1-12-8-15(11-28-12)21(27)24-18(13-4-6-16(22)7-5-13)9-17-10-19(26)25-20(23-17)14-2-3-14/h4-8,10-11,14,18H,2-3,9H2,1H3,(H,24,27)(H,23,25,26). The van der Waals surface area contributed by atoms with Crippen LogP contribution in [-0.2, 0) is 6.42 Å². The number of rotatable bonds is 6. The number of aryl methyl sites for hydroxylation is 1. The van der Waals surface area contributed by atoms with Crippen molar-refractivity contribution in [1.82, 2.24) is 15.3 Å². The molecule has 2 aromatic heterocycles. The molecule has 1 unspecified atom stereocenters. The fourth-order valence-corrected chi connectivity index (χ4v) is 3.83. The normalized spacial score (nSPS) is 14.6. The van der Waals surface area contributed by atoms with Gasteiger partial charge in [-0.3, -0.25) is 9.59 Å². The topological polar surface area (TPSA) is 74.8 Å². The highest BCUT2D eigenvalue weighted by Crippen LogP contribution is 2.37. The molecule has 0 saturated heterocycles. The van der Waals surface area contributed by atoms with Gasteiger partial charge in [0.1, 0.15) is 11.6 Å². The van der Waals surface area contributed by atoms with E-state index in [-0.39, 0.29) is 17.3 Å². The second-order valence-corrected chi connectivity index (χ2v) is 8.24. The summed E-state index contributed by atoms with van der Waals surface area (Å²) in [5, 5.41) is 4.82. The van der Waals surface area contributed by atoms with Gasteiger partial charge in [0.2, 0.25) is 0 Å². The van der Waals surface area contributed by atoms with E-state index in [0.717, 1.165) is 23.3 Å². The van der Waals surface area contributed by atoms with Gasteiger partial charge in [-0.15, -0.1) is 11.3 Å². The third kappa shape index (κ3) is 4.36. The van der Waals surface area contributed by atoms with Crippen LogP contribution in [0.3, 0.4) is 0 Å². The number of aromatic amines is 1. The smallest absolute Gasteiger partial charge is 0.252 e. The number of nitrogens with zero attached hydrogens (tertiary/aromatic N) is 1. The summed E-state index contributed by atoms with van der Waals surface area (Å²) in [5.74, 6) is 0.485. The molecule has 28 heavy (non-hydrogen) atoms. The van der Waals surface area contributed by atoms with Crippen LogP contribution in [-0.4, -0.2) is 15.9 Å². The Morgan fingerprint density at radius 1 is 1.32 bits per heavy atom. The first-order chi connectivity index (χ1) is 13.5. The van der Waals surface area contributed by atoms with Gasteiger partial charge in [-0.2, -0.15) is 0 Å². The third-order valence-corrected chi connectivity index (χ3v) is 5.62. The summed E-state index contributed by atoms with van der Waals surface area (Å²) in [5.41, 5.74) is 1.77. The van der Waals surface area contributed by atoms with Crippen molar-refractivity contribution in [2.75, 3.05) is 0 Å². The number of carbonyl (C=O) groups is 1. The lowest BCUT2D eigenvalue weighted by Crippen LogP contribution is -2.30. The molecule has 0 radical (unpaired) electrons. The number of H-pyrrole nitrogens is 1. The number of amides is 1. The Kier molecular flexibility index (Phi) is 5.09. The zero-order chi connectivity index (χ0) is 19.7. The van der Waals surface area contributed by atoms with Crippen molar-refractivity contribution in [3.63, 3.8) is 0 Å². The zero-order valence-corrected chi connectivity index (χ0v) is 16.2. The molecule has 1 fully saturated rings. The van der Waals surface area contributed by atoms with E-state index in [4.69, 9.17) is 0 Å². The van der Waals surface area contributed by atoms with Gasteiger partial charge >= 0.3 is 0 Å². The van der Waals surface area contributed by atoms with Crippen molar-refractivity contribution >= 4 is 17.2 Å². The number of nitrogens with one attached hydrogen (secondary N) is 2. The average Bonchev–Trinajstić information content (AvgIpc) is 3.42. The first-order valence-electron chi connectivity index (χ1n) is 9.19. The molecule has 1 saturated carbocycles. The van der Waals surface area contributed by atoms with Gasteiger partial charge in [-0.05, 0) is 43.5 Å². The number of halogens is 1. The molecule has 1 aromatic carbocycles. The lowest BCUT2D eigenvalue weighted by Gasteiger charge is -2.19. The van der Waals surface area contributed by atoms with E-state index >= 15 is 0 Å². The van der Waals surface area contributed by atoms with Gasteiger partial charge in [-0.25, -0.2) is 9.37 Å². The SMILES string of the molecule is Cc1cc(C(=O)NC(Cc2cc(=O)[nH]c(C3CC3)n2)c2ccc(F)cc2)cs1. The summed E-state index contributed by atoms with van der Waals surface area (Å²) in [6, 6.07) is 8.90. The summed E-state index contributed by atoms with van der Waals surface area (Å²) in [4.78, 5) is 33.1. The highest BCUT2D eigenvalue weighted by atomic mass is 32.1. The molecule has 1 amide bonds. The van der Waals surface area contributed by atoms with Crippen molar-refractivity contribution in [2.24, 2.45) is 0 Å². The van der Waals surface area contributed by atoms with Crippen LogP contribution in [0.4, 0.5) is 4.39 Å². The Morgan fingerprint density at radius 3 is 2.71 bits per heavy atom. The number of carbonyl (C=O) groups excluding carboxylic acids is 1. The lowest BCUT2D eigenvalue weighted by molar-refractivity contribution is 0.0936. The second kappa shape index (κ2) is 7.67. The Labute approximate surface area is 165 Å². The molecule has 0 spiro atoms. The molecule has 144 valence electrons. The third-order valence-electron chi connectivity index (χ3n) is 4.76. The minimum Gasteiger partial charge on any atom is -0.345 e. The molecular weight excluding hydrogens is 377 g/mol. The highest BCUT2D eigenvalue weighted by molar-refractivity contribution is 7.10. The van der Waals surface area contributed by atoms with Gasteiger partial charge in [-0.1, -0.05) is 12.1 Å². The molecule has 0 bridgehead atoms. The van der Waals surface area contributed by atoms with Crippen LogP contribution in [0.5, 0.6) is 0 Å². The Balaban J connectivity index is 1.62. The maximum atomic E-state index is 13.4. The molecule has 1 aliphatic carbocycles. The van der Waals surface area contributed by atoms with Crippen LogP contribution in [0.1, 0.15) is 57.1 Å². The molecule has 2 heterocycles. The van der Waals surface area contributed by atoms with Crippen LogP contribution in [0.2, 0.25) is 0 Å². The predicted octanol–water partition coefficient (Wildman–Crippen LogP) is 3.87. The summed E-state index contributed by atoms with van der Waals surface area (Å²) < 4.78 is 13.4. The molecule has 7 heteroatoms. The molecule has 4 rings (SSSR count). The number of thiophene rings is 1. The van der Waals surface area contributed by atoms with Gasteiger partial charge < -0.3 is 10.3 Å². The maximum absolute atomic E-state index is 13.4. The van der Waals surface area contributed by atoms with Crippen molar-refractivity contribution in [1.29, 1.82) is 0 Å². The van der Waals surface area contributed by atoms with E-state index < -0.39 is 6.04 Å². The van der Waals surface area contributed by atoms with Crippen LogP contribution in [0.15, 0.2) is 46.6 Å². The van der Waals surface area contributed by atoms with Crippen LogP contribution < -0.4 is 10.9 Å². The van der Waals surface area contributed by atoms with Crippen LogP contribution >= 0.6 is 11.3 Å². The molecule has 1 atom stereocenters. The van der Waals surface area contributed by atoms with Crippen LogP contribution in [0.25, 0.3) is 0 Å². The predicted molar refractivity (Wildman–Crippen MR) is 106 cm³/mol. The van der Waals surface area contributed by atoms with E-state index in [1.165, 1.54) is 29.5 Å². The van der Waals surface area contributed by atoms with Gasteiger partial charge in [0, 0.05) is 28.7 Å². The first-order valence-corrected chi connectivity index (χ1v) is 10.1. The van der Waals surface area contributed by atoms with Gasteiger partial charge in [0.25, 0.3) is 11.5 Å². The Bertz CT molecular complexity index is 1050. The summed E-state index contributed by atoms with van der Waals surface area (Å²) >= 11 is 1.51. The van der Waals surface area contributed by atoms with E-state index in [1.807, 2.05) is 18.4 Å². The van der Waals surface area contributed by atoms with Crippen LogP contribution in [0, 0.1) is 12.7 Å². The zero-order valence-electron chi connectivity index (χ0n) is 15.4. The minimum atomic E-state index is -0.422. The summed E-state index contributed by atoms with van der Waals surface area (Å²) in [7, 11) is 0. The molecular formula is C21H20FN3O2S. The quantitative estimate of drug-likeness (QED) is 0.663. The molecule has 2 N–H and O–H groups in total. The molecule has 3 aromatic rings. The fourth-order valence-electron chi connectivity index (χ4n) is 3.14. The van der Waals surface area contributed by atoms with Crippen molar-refractivity contribution in [3.05, 3.63) is 85.5 Å². The first kappa shape index (κ1) is 18.6. The minimum absolute atomic E-state index is 0.190. The van der Waals surface area contributed by atoms with E-state index in [2.05, 4.69) is 15.3 Å².